The second-order valence-corrected chi connectivity index (χ2v) is 6.78. The lowest BCUT2D eigenvalue weighted by Gasteiger charge is -2.22. The molecule has 0 heterocycles. The van der Waals surface area contributed by atoms with Gasteiger partial charge < -0.3 is 24.8 Å². The van der Waals surface area contributed by atoms with E-state index in [-0.39, 0.29) is 17.7 Å². The van der Waals surface area contributed by atoms with Crippen LogP contribution in [0.3, 0.4) is 0 Å². The second-order valence-electron chi connectivity index (χ2n) is 6.78. The fourth-order valence-electron chi connectivity index (χ4n) is 2.60. The van der Waals surface area contributed by atoms with Crippen LogP contribution in [0.1, 0.15) is 24.2 Å². The van der Waals surface area contributed by atoms with Gasteiger partial charge in [0, 0.05) is 18.4 Å². The minimum atomic E-state index is -0.678. The lowest BCUT2D eigenvalue weighted by molar-refractivity contribution is -0.118. The lowest BCUT2D eigenvalue weighted by Crippen LogP contribution is -2.47. The molecule has 1 atom stereocenters. The maximum Gasteiger partial charge on any atom is 0.251 e. The van der Waals surface area contributed by atoms with Gasteiger partial charge in [-0.3, -0.25) is 9.59 Å². The van der Waals surface area contributed by atoms with Crippen molar-refractivity contribution in [2.45, 2.75) is 19.9 Å². The summed E-state index contributed by atoms with van der Waals surface area (Å²) in [5.74, 6) is 0.662. The van der Waals surface area contributed by atoms with Crippen LogP contribution in [0.25, 0.3) is 0 Å². The predicted octanol–water partition coefficient (Wildman–Crippen LogP) is 3.11. The molecule has 2 amide bonds. The first kappa shape index (κ1) is 22.2. The average Bonchev–Trinajstić information content (AvgIpc) is 2.73. The van der Waals surface area contributed by atoms with Crippen molar-refractivity contribution in [1.29, 1.82) is 0 Å². The number of nitrogens with one attached hydrogen (secondary N) is 2. The smallest absolute Gasteiger partial charge is 0.251 e. The Hall–Kier alpha value is -3.06. The van der Waals surface area contributed by atoms with Crippen molar-refractivity contribution in [1.82, 2.24) is 5.32 Å². The number of anilines is 1. The Morgan fingerprint density at radius 3 is 2.07 bits per heavy atom. The third-order valence-electron chi connectivity index (χ3n) is 4.27. The number of carbonyl (C=O) groups is 2. The largest absolute Gasteiger partial charge is 0.497 e. The van der Waals surface area contributed by atoms with Gasteiger partial charge in [-0.2, -0.15) is 0 Å². The van der Waals surface area contributed by atoms with E-state index in [4.69, 9.17) is 14.2 Å². The third-order valence-corrected chi connectivity index (χ3v) is 4.27. The lowest BCUT2D eigenvalue weighted by atomic mass is 10.0. The molecule has 0 saturated carbocycles. The quantitative estimate of drug-likeness (QED) is 0.599. The van der Waals surface area contributed by atoms with E-state index in [0.717, 1.165) is 0 Å². The van der Waals surface area contributed by atoms with Gasteiger partial charge in [-0.15, -0.1) is 0 Å². The second kappa shape index (κ2) is 11.1. The molecule has 0 aliphatic rings. The van der Waals surface area contributed by atoms with Crippen LogP contribution >= 0.6 is 0 Å². The Labute approximate surface area is 171 Å². The molecule has 0 bridgehead atoms. The van der Waals surface area contributed by atoms with Gasteiger partial charge >= 0.3 is 0 Å². The molecule has 1 unspecified atom stereocenters. The van der Waals surface area contributed by atoms with Crippen LogP contribution in [0.4, 0.5) is 5.69 Å². The van der Waals surface area contributed by atoms with E-state index in [1.807, 2.05) is 13.8 Å². The summed E-state index contributed by atoms with van der Waals surface area (Å²) < 4.78 is 15.5. The van der Waals surface area contributed by atoms with Gasteiger partial charge in [0.05, 0.1) is 13.7 Å². The van der Waals surface area contributed by atoms with Crippen LogP contribution < -0.4 is 20.1 Å². The Morgan fingerprint density at radius 1 is 0.897 bits per heavy atom. The van der Waals surface area contributed by atoms with Gasteiger partial charge in [0.1, 0.15) is 24.1 Å². The van der Waals surface area contributed by atoms with Gasteiger partial charge in [0.2, 0.25) is 5.91 Å². The summed E-state index contributed by atoms with van der Waals surface area (Å²) in [6.07, 6.45) is 0. The minimum absolute atomic E-state index is 0.0890. The summed E-state index contributed by atoms with van der Waals surface area (Å²) in [7, 11) is 3.17. The van der Waals surface area contributed by atoms with E-state index < -0.39 is 6.04 Å². The fourth-order valence-corrected chi connectivity index (χ4v) is 2.60. The number of amides is 2. The molecule has 0 aromatic heterocycles. The zero-order valence-corrected chi connectivity index (χ0v) is 17.2. The van der Waals surface area contributed by atoms with E-state index in [2.05, 4.69) is 10.6 Å². The van der Waals surface area contributed by atoms with E-state index in [9.17, 15) is 9.59 Å². The van der Waals surface area contributed by atoms with Crippen LogP contribution in [0, 0.1) is 5.92 Å². The number of rotatable bonds is 10. The first-order valence-corrected chi connectivity index (χ1v) is 9.42. The van der Waals surface area contributed by atoms with Crippen molar-refractivity contribution >= 4 is 17.5 Å². The van der Waals surface area contributed by atoms with Gasteiger partial charge in [-0.25, -0.2) is 0 Å². The molecule has 7 nitrogen and oxygen atoms in total. The van der Waals surface area contributed by atoms with Gasteiger partial charge in [-0.05, 0) is 54.4 Å². The zero-order chi connectivity index (χ0) is 21.2. The van der Waals surface area contributed by atoms with Crippen molar-refractivity contribution in [3.63, 3.8) is 0 Å². The van der Waals surface area contributed by atoms with Crippen LogP contribution in [0.15, 0.2) is 48.5 Å². The molecule has 7 heteroatoms. The molecular formula is C22H28N2O5. The highest BCUT2D eigenvalue weighted by Crippen LogP contribution is 2.17. The summed E-state index contributed by atoms with van der Waals surface area (Å²) >= 11 is 0. The highest BCUT2D eigenvalue weighted by Gasteiger charge is 2.24. The summed E-state index contributed by atoms with van der Waals surface area (Å²) in [5, 5.41) is 5.64. The Balaban J connectivity index is 1.98. The number of hydrogen-bond acceptors (Lipinski definition) is 5. The molecule has 2 aromatic rings. The predicted molar refractivity (Wildman–Crippen MR) is 112 cm³/mol. The van der Waals surface area contributed by atoms with Crippen molar-refractivity contribution in [3.8, 4) is 11.5 Å². The maximum absolute atomic E-state index is 12.7. The van der Waals surface area contributed by atoms with E-state index in [0.29, 0.717) is 36.0 Å². The minimum Gasteiger partial charge on any atom is -0.497 e. The number of hydrogen-bond donors (Lipinski definition) is 2. The Kier molecular flexibility index (Phi) is 8.48. The Bertz CT molecular complexity index is 788. The molecule has 0 saturated heterocycles. The van der Waals surface area contributed by atoms with Crippen LogP contribution in [0.5, 0.6) is 11.5 Å². The molecule has 0 fully saturated rings. The normalized spacial score (nSPS) is 11.6. The van der Waals surface area contributed by atoms with Gasteiger partial charge in [0.25, 0.3) is 5.91 Å². The standard InChI is InChI=1S/C22H28N2O5/c1-15(2)20(24-21(25)16-5-9-18(28-4)10-6-16)22(26)23-17-7-11-19(12-8-17)29-14-13-27-3/h5-12,15,20H,13-14H2,1-4H3,(H,23,26)(H,24,25). The molecule has 0 spiro atoms. The SMILES string of the molecule is COCCOc1ccc(NC(=O)C(NC(=O)c2ccc(OC)cc2)C(C)C)cc1. The molecule has 156 valence electrons. The Morgan fingerprint density at radius 2 is 1.52 bits per heavy atom. The molecule has 0 aliphatic heterocycles. The van der Waals surface area contributed by atoms with Crippen LogP contribution in [-0.4, -0.2) is 45.3 Å². The van der Waals surface area contributed by atoms with E-state index in [1.54, 1.807) is 62.8 Å². The summed E-state index contributed by atoms with van der Waals surface area (Å²) in [6.45, 7) is 4.72. The number of carbonyl (C=O) groups excluding carboxylic acids is 2. The molecule has 0 radical (unpaired) electrons. The molecule has 2 rings (SSSR count). The monoisotopic (exact) mass is 400 g/mol. The van der Waals surface area contributed by atoms with E-state index in [1.165, 1.54) is 0 Å². The third kappa shape index (κ3) is 6.80. The maximum atomic E-state index is 12.7. The van der Waals surface area contributed by atoms with Crippen LogP contribution in [-0.2, 0) is 9.53 Å². The highest BCUT2D eigenvalue weighted by atomic mass is 16.5. The number of ether oxygens (including phenoxy) is 3. The summed E-state index contributed by atoms with van der Waals surface area (Å²) in [5.41, 5.74) is 1.08. The zero-order valence-electron chi connectivity index (χ0n) is 17.2. The molecule has 2 N–H and O–H groups in total. The van der Waals surface area contributed by atoms with E-state index >= 15 is 0 Å². The highest BCUT2D eigenvalue weighted by molar-refractivity contribution is 6.01. The van der Waals surface area contributed by atoms with Crippen molar-refractivity contribution in [2.24, 2.45) is 5.92 Å². The van der Waals surface area contributed by atoms with Crippen LogP contribution in [0.2, 0.25) is 0 Å². The number of benzene rings is 2. The van der Waals surface area contributed by atoms with Gasteiger partial charge in [0.15, 0.2) is 0 Å². The van der Waals surface area contributed by atoms with Crippen molar-refractivity contribution < 1.29 is 23.8 Å². The molecule has 29 heavy (non-hydrogen) atoms. The topological polar surface area (TPSA) is 85.9 Å². The summed E-state index contributed by atoms with van der Waals surface area (Å²) in [4.78, 5) is 25.3. The van der Waals surface area contributed by atoms with Crippen molar-refractivity contribution in [3.05, 3.63) is 54.1 Å². The number of methoxy groups -OCH3 is 2. The molecular weight excluding hydrogens is 372 g/mol. The first-order chi connectivity index (χ1) is 13.9. The average molecular weight is 400 g/mol. The first-order valence-electron chi connectivity index (χ1n) is 9.42. The van der Waals surface area contributed by atoms with Gasteiger partial charge in [-0.1, -0.05) is 13.8 Å². The molecule has 2 aromatic carbocycles. The van der Waals surface area contributed by atoms with Crippen molar-refractivity contribution in [2.75, 3.05) is 32.8 Å². The fraction of sp³-hybridized carbons (Fsp3) is 0.364. The summed E-state index contributed by atoms with van der Waals surface area (Å²) in [6, 6.07) is 13.1. The molecule has 0 aliphatic carbocycles.